The summed E-state index contributed by atoms with van der Waals surface area (Å²) < 4.78 is 5.54. The number of Topliss-reactive ketones (excluding diaryl/α,β-unsaturated/α-hetero) is 1. The summed E-state index contributed by atoms with van der Waals surface area (Å²) >= 11 is 6.15. The molecular weight excluding hydrogens is 348 g/mol. The number of aryl methyl sites for hydroxylation is 1. The quantitative estimate of drug-likeness (QED) is 0.355. The predicted molar refractivity (Wildman–Crippen MR) is 102 cm³/mol. The third kappa shape index (κ3) is 5.02. The van der Waals surface area contributed by atoms with Gasteiger partial charge in [-0.1, -0.05) is 48.7 Å². The van der Waals surface area contributed by atoms with Crippen molar-refractivity contribution in [2.45, 2.75) is 38.5 Å². The fourth-order valence-electron chi connectivity index (χ4n) is 2.79. The fraction of sp³-hybridized carbons (Fsp3) is 0.286. The minimum absolute atomic E-state index is 0.0571. The first-order valence-corrected chi connectivity index (χ1v) is 9.25. The molecule has 5 heteroatoms. The lowest BCUT2D eigenvalue weighted by atomic mass is 10.0. The molecule has 3 rings (SSSR count). The molecule has 0 aliphatic heterocycles. The number of oxazole rings is 1. The van der Waals surface area contributed by atoms with Crippen LogP contribution in [0.1, 0.15) is 48.4 Å². The molecule has 0 radical (unpaired) electrons. The molecule has 26 heavy (non-hydrogen) atoms. The van der Waals surface area contributed by atoms with Gasteiger partial charge < -0.3 is 4.42 Å². The van der Waals surface area contributed by atoms with E-state index in [2.05, 4.69) is 16.0 Å². The Balaban J connectivity index is 1.38. The monoisotopic (exact) mass is 368 g/mol. The van der Waals surface area contributed by atoms with Gasteiger partial charge in [0.05, 0.1) is 6.20 Å². The normalized spacial score (nSPS) is 10.8. The lowest BCUT2D eigenvalue weighted by molar-refractivity contribution is 0.0946. The van der Waals surface area contributed by atoms with Gasteiger partial charge in [0.1, 0.15) is 5.69 Å². The Kier molecular flexibility index (Phi) is 6.56. The number of rotatable bonds is 9. The van der Waals surface area contributed by atoms with Crippen LogP contribution in [-0.4, -0.2) is 15.8 Å². The van der Waals surface area contributed by atoms with Crippen molar-refractivity contribution in [3.63, 3.8) is 0 Å². The number of pyridine rings is 1. The zero-order valence-electron chi connectivity index (χ0n) is 14.5. The molecule has 0 atom stereocenters. The van der Waals surface area contributed by atoms with Gasteiger partial charge in [-0.3, -0.25) is 9.78 Å². The first-order chi connectivity index (χ1) is 12.7. The number of carbonyl (C=O) groups is 1. The Labute approximate surface area is 158 Å². The second kappa shape index (κ2) is 9.30. The van der Waals surface area contributed by atoms with Crippen molar-refractivity contribution in [3.05, 3.63) is 71.3 Å². The molecule has 0 spiro atoms. The number of ketones is 1. The van der Waals surface area contributed by atoms with Crippen LogP contribution in [0.4, 0.5) is 0 Å². The van der Waals surface area contributed by atoms with Gasteiger partial charge in [-0.2, -0.15) is 0 Å². The standard InChI is InChI=1S/C21H21ClN2O2/c22-17-11-6-5-10-16(17)9-3-1-2-4-13-19(25)21-24-15-20(26-21)18-12-7-8-14-23-18/h5-8,10-12,14-15H,1-4,9,13H2. The van der Waals surface area contributed by atoms with E-state index in [9.17, 15) is 4.79 Å². The highest BCUT2D eigenvalue weighted by Gasteiger charge is 2.14. The Hall–Kier alpha value is -2.46. The number of hydrogen-bond donors (Lipinski definition) is 0. The molecule has 0 bridgehead atoms. The molecule has 3 aromatic rings. The predicted octanol–water partition coefficient (Wildman–Crippen LogP) is 5.77. The maximum Gasteiger partial charge on any atom is 0.263 e. The van der Waals surface area contributed by atoms with Crippen LogP contribution in [0.2, 0.25) is 5.02 Å². The van der Waals surface area contributed by atoms with E-state index in [1.54, 1.807) is 12.4 Å². The average Bonchev–Trinajstić information content (AvgIpc) is 3.17. The van der Waals surface area contributed by atoms with E-state index in [0.29, 0.717) is 17.9 Å². The molecule has 2 aromatic heterocycles. The highest BCUT2D eigenvalue weighted by molar-refractivity contribution is 6.31. The zero-order valence-corrected chi connectivity index (χ0v) is 15.3. The summed E-state index contributed by atoms with van der Waals surface area (Å²) in [4.78, 5) is 20.5. The largest absolute Gasteiger partial charge is 0.432 e. The summed E-state index contributed by atoms with van der Waals surface area (Å²) in [6.45, 7) is 0. The van der Waals surface area contributed by atoms with Gasteiger partial charge in [-0.25, -0.2) is 4.98 Å². The number of aromatic nitrogens is 2. The first-order valence-electron chi connectivity index (χ1n) is 8.88. The Morgan fingerprint density at radius 3 is 2.58 bits per heavy atom. The van der Waals surface area contributed by atoms with Crippen LogP contribution >= 0.6 is 11.6 Å². The zero-order chi connectivity index (χ0) is 18.2. The third-order valence-corrected chi connectivity index (χ3v) is 4.59. The van der Waals surface area contributed by atoms with Crippen LogP contribution in [0, 0.1) is 0 Å². The number of hydrogen-bond acceptors (Lipinski definition) is 4. The van der Waals surface area contributed by atoms with Crippen molar-refractivity contribution in [1.29, 1.82) is 0 Å². The van der Waals surface area contributed by atoms with Crippen molar-refractivity contribution in [2.75, 3.05) is 0 Å². The van der Waals surface area contributed by atoms with Crippen LogP contribution in [0.15, 0.2) is 59.3 Å². The van der Waals surface area contributed by atoms with E-state index in [-0.39, 0.29) is 11.7 Å². The summed E-state index contributed by atoms with van der Waals surface area (Å²) in [7, 11) is 0. The number of carbonyl (C=O) groups excluding carboxylic acids is 1. The maximum atomic E-state index is 12.2. The fourth-order valence-corrected chi connectivity index (χ4v) is 3.02. The van der Waals surface area contributed by atoms with Crippen LogP contribution < -0.4 is 0 Å². The molecule has 0 aliphatic rings. The van der Waals surface area contributed by atoms with Crippen molar-refractivity contribution in [3.8, 4) is 11.5 Å². The summed E-state index contributed by atoms with van der Waals surface area (Å²) in [6, 6.07) is 13.5. The molecule has 1 aromatic carbocycles. The van der Waals surface area contributed by atoms with E-state index < -0.39 is 0 Å². The average molecular weight is 369 g/mol. The van der Waals surface area contributed by atoms with Gasteiger partial charge in [-0.05, 0) is 43.0 Å². The lowest BCUT2D eigenvalue weighted by Gasteiger charge is -2.03. The molecule has 4 nitrogen and oxygen atoms in total. The summed E-state index contributed by atoms with van der Waals surface area (Å²) in [5.74, 6) is 0.633. The molecule has 0 unspecified atom stereocenters. The minimum Gasteiger partial charge on any atom is -0.432 e. The maximum absolute atomic E-state index is 12.2. The summed E-state index contributed by atoms with van der Waals surface area (Å²) in [6.07, 6.45) is 8.65. The SMILES string of the molecule is O=C(CCCCCCc1ccccc1Cl)c1ncc(-c2ccccn2)o1. The van der Waals surface area contributed by atoms with E-state index in [4.69, 9.17) is 16.0 Å². The summed E-state index contributed by atoms with van der Waals surface area (Å²) in [5, 5.41) is 0.829. The molecule has 0 saturated heterocycles. The Morgan fingerprint density at radius 2 is 1.77 bits per heavy atom. The highest BCUT2D eigenvalue weighted by atomic mass is 35.5. The second-order valence-electron chi connectivity index (χ2n) is 6.17. The van der Waals surface area contributed by atoms with Gasteiger partial charge in [0.25, 0.3) is 5.89 Å². The Morgan fingerprint density at radius 1 is 0.962 bits per heavy atom. The van der Waals surface area contributed by atoms with Crippen molar-refractivity contribution >= 4 is 17.4 Å². The topological polar surface area (TPSA) is 56.0 Å². The van der Waals surface area contributed by atoms with E-state index >= 15 is 0 Å². The second-order valence-corrected chi connectivity index (χ2v) is 6.58. The molecule has 2 heterocycles. The van der Waals surface area contributed by atoms with E-state index in [0.717, 1.165) is 37.1 Å². The number of halogens is 1. The van der Waals surface area contributed by atoms with Gasteiger partial charge >= 0.3 is 0 Å². The van der Waals surface area contributed by atoms with Crippen LogP contribution in [0.3, 0.4) is 0 Å². The molecule has 0 saturated carbocycles. The van der Waals surface area contributed by atoms with Crippen molar-refractivity contribution < 1.29 is 9.21 Å². The summed E-state index contributed by atoms with van der Waals surface area (Å²) in [5.41, 5.74) is 1.87. The molecule has 0 N–H and O–H groups in total. The van der Waals surface area contributed by atoms with E-state index in [1.807, 2.05) is 36.4 Å². The smallest absolute Gasteiger partial charge is 0.263 e. The van der Waals surface area contributed by atoms with Crippen molar-refractivity contribution in [1.82, 2.24) is 9.97 Å². The van der Waals surface area contributed by atoms with Crippen LogP contribution in [-0.2, 0) is 6.42 Å². The van der Waals surface area contributed by atoms with Crippen LogP contribution in [0.5, 0.6) is 0 Å². The van der Waals surface area contributed by atoms with Gasteiger partial charge in [0.2, 0.25) is 5.78 Å². The highest BCUT2D eigenvalue weighted by Crippen LogP contribution is 2.20. The number of unbranched alkanes of at least 4 members (excludes halogenated alkanes) is 3. The Bertz CT molecular complexity index is 846. The minimum atomic E-state index is -0.0571. The lowest BCUT2D eigenvalue weighted by Crippen LogP contribution is -1.99. The van der Waals surface area contributed by atoms with Gasteiger partial charge in [0, 0.05) is 17.6 Å². The number of nitrogens with zero attached hydrogens (tertiary/aromatic N) is 2. The number of benzene rings is 1. The van der Waals surface area contributed by atoms with Gasteiger partial charge in [0.15, 0.2) is 5.76 Å². The third-order valence-electron chi connectivity index (χ3n) is 4.22. The van der Waals surface area contributed by atoms with Crippen molar-refractivity contribution in [2.24, 2.45) is 0 Å². The molecular formula is C21H21ClN2O2. The van der Waals surface area contributed by atoms with Crippen LogP contribution in [0.25, 0.3) is 11.5 Å². The first kappa shape index (κ1) is 18.3. The van der Waals surface area contributed by atoms with Gasteiger partial charge in [-0.15, -0.1) is 0 Å². The molecule has 0 aliphatic carbocycles. The molecule has 134 valence electrons. The molecule has 0 amide bonds. The van der Waals surface area contributed by atoms with E-state index in [1.165, 1.54) is 5.56 Å². The molecule has 0 fully saturated rings.